The Morgan fingerprint density at radius 1 is 1.67 bits per heavy atom. The van der Waals surface area contributed by atoms with Crippen LogP contribution in [0.5, 0.6) is 0 Å². The van der Waals surface area contributed by atoms with Crippen LogP contribution in [0.2, 0.25) is 0 Å². The van der Waals surface area contributed by atoms with Crippen LogP contribution in [0.15, 0.2) is 9.85 Å². The third-order valence-electron chi connectivity index (χ3n) is 2.33. The van der Waals surface area contributed by atoms with Crippen molar-refractivity contribution in [2.45, 2.75) is 39.3 Å². The molecule has 0 aliphatic carbocycles. The van der Waals surface area contributed by atoms with E-state index in [0.717, 1.165) is 19.4 Å². The molecule has 1 N–H and O–H groups in total. The van der Waals surface area contributed by atoms with Gasteiger partial charge in [-0.3, -0.25) is 0 Å². The molecular formula is C12H16BrNS. The number of terminal acetylenes is 1. The van der Waals surface area contributed by atoms with E-state index in [0.29, 0.717) is 6.04 Å². The van der Waals surface area contributed by atoms with Gasteiger partial charge in [-0.1, -0.05) is 6.92 Å². The summed E-state index contributed by atoms with van der Waals surface area (Å²) in [6, 6.07) is 2.65. The predicted octanol–water partition coefficient (Wildman–Crippen LogP) is 3.71. The lowest BCUT2D eigenvalue weighted by Crippen LogP contribution is -2.26. The average Bonchev–Trinajstić information content (AvgIpc) is 2.53. The first-order valence-electron chi connectivity index (χ1n) is 5.09. The van der Waals surface area contributed by atoms with Crippen molar-refractivity contribution in [2.24, 2.45) is 0 Å². The lowest BCUT2D eigenvalue weighted by Gasteiger charge is -2.12. The van der Waals surface area contributed by atoms with Gasteiger partial charge < -0.3 is 5.32 Å². The molecule has 3 heteroatoms. The number of rotatable bonds is 5. The van der Waals surface area contributed by atoms with Crippen molar-refractivity contribution in [3.8, 4) is 12.3 Å². The topological polar surface area (TPSA) is 12.0 Å². The van der Waals surface area contributed by atoms with Crippen LogP contribution < -0.4 is 5.32 Å². The van der Waals surface area contributed by atoms with E-state index in [-0.39, 0.29) is 0 Å². The van der Waals surface area contributed by atoms with E-state index in [2.05, 4.69) is 47.1 Å². The highest BCUT2D eigenvalue weighted by molar-refractivity contribution is 9.11. The van der Waals surface area contributed by atoms with Crippen LogP contribution >= 0.6 is 27.3 Å². The minimum Gasteiger partial charge on any atom is -0.308 e. The predicted molar refractivity (Wildman–Crippen MR) is 71.1 cm³/mol. The fourth-order valence-electron chi connectivity index (χ4n) is 1.36. The highest BCUT2D eigenvalue weighted by atomic mass is 79.9. The standard InChI is InChI=1S/C12H16BrNS/c1-4-6-10(5-2)14-8-11-7-9(3)12(13)15-11/h1,7,10,14H,5-6,8H2,2-3H3. The molecule has 0 radical (unpaired) electrons. The van der Waals surface area contributed by atoms with E-state index in [4.69, 9.17) is 6.42 Å². The van der Waals surface area contributed by atoms with Crippen molar-refractivity contribution in [2.75, 3.05) is 0 Å². The van der Waals surface area contributed by atoms with Crippen molar-refractivity contribution in [3.63, 3.8) is 0 Å². The first-order valence-corrected chi connectivity index (χ1v) is 6.70. The monoisotopic (exact) mass is 285 g/mol. The Hall–Kier alpha value is -0.300. The van der Waals surface area contributed by atoms with Gasteiger partial charge in [0.15, 0.2) is 0 Å². The summed E-state index contributed by atoms with van der Waals surface area (Å²) in [6.07, 6.45) is 7.19. The minimum atomic E-state index is 0.441. The fourth-order valence-corrected chi connectivity index (χ4v) is 2.94. The quantitative estimate of drug-likeness (QED) is 0.814. The molecule has 1 atom stereocenters. The molecule has 0 fully saturated rings. The second-order valence-corrected chi connectivity index (χ2v) is 6.02. The number of thiophene rings is 1. The Kier molecular flexibility index (Phi) is 5.38. The largest absolute Gasteiger partial charge is 0.308 e. The van der Waals surface area contributed by atoms with Gasteiger partial charge in [0, 0.05) is 23.9 Å². The van der Waals surface area contributed by atoms with Crippen molar-refractivity contribution >= 4 is 27.3 Å². The molecule has 0 saturated carbocycles. The Morgan fingerprint density at radius 2 is 2.40 bits per heavy atom. The van der Waals surface area contributed by atoms with E-state index in [1.165, 1.54) is 14.2 Å². The number of nitrogens with one attached hydrogen (secondary N) is 1. The van der Waals surface area contributed by atoms with Crippen molar-refractivity contribution in [1.82, 2.24) is 5.32 Å². The summed E-state index contributed by atoms with van der Waals surface area (Å²) in [6.45, 7) is 5.19. The van der Waals surface area contributed by atoms with Crippen LogP contribution in [0.25, 0.3) is 0 Å². The molecule has 0 saturated heterocycles. The zero-order valence-corrected chi connectivity index (χ0v) is 11.5. The van der Waals surface area contributed by atoms with Gasteiger partial charge in [0.1, 0.15) is 0 Å². The summed E-state index contributed by atoms with van der Waals surface area (Å²) in [7, 11) is 0. The van der Waals surface area contributed by atoms with Crippen molar-refractivity contribution < 1.29 is 0 Å². The lowest BCUT2D eigenvalue weighted by atomic mass is 10.1. The first-order chi connectivity index (χ1) is 7.17. The summed E-state index contributed by atoms with van der Waals surface area (Å²) in [5.74, 6) is 2.70. The van der Waals surface area contributed by atoms with Gasteiger partial charge in [-0.05, 0) is 40.9 Å². The number of hydrogen-bond acceptors (Lipinski definition) is 2. The molecule has 0 bridgehead atoms. The summed E-state index contributed by atoms with van der Waals surface area (Å²) >= 11 is 5.32. The van der Waals surface area contributed by atoms with Crippen LogP contribution in [0.1, 0.15) is 30.2 Å². The molecule has 1 nitrogen and oxygen atoms in total. The maximum absolute atomic E-state index is 5.31. The Balaban J connectivity index is 2.46. The molecule has 0 aliphatic rings. The Morgan fingerprint density at radius 3 is 2.87 bits per heavy atom. The van der Waals surface area contributed by atoms with Gasteiger partial charge >= 0.3 is 0 Å². The van der Waals surface area contributed by atoms with Crippen LogP contribution in [0, 0.1) is 19.3 Å². The highest BCUT2D eigenvalue weighted by Crippen LogP contribution is 2.27. The number of aryl methyl sites for hydroxylation is 1. The van der Waals surface area contributed by atoms with E-state index in [1.54, 1.807) is 11.3 Å². The second kappa shape index (κ2) is 6.32. The molecular weight excluding hydrogens is 270 g/mol. The second-order valence-electron chi connectivity index (χ2n) is 3.56. The van der Waals surface area contributed by atoms with Gasteiger partial charge in [-0.2, -0.15) is 0 Å². The smallest absolute Gasteiger partial charge is 0.0730 e. The normalized spacial score (nSPS) is 12.4. The summed E-state index contributed by atoms with van der Waals surface area (Å²) in [5, 5.41) is 3.47. The van der Waals surface area contributed by atoms with Crippen LogP contribution in [0.4, 0.5) is 0 Å². The van der Waals surface area contributed by atoms with Gasteiger partial charge in [0.25, 0.3) is 0 Å². The number of hydrogen-bond donors (Lipinski definition) is 1. The van der Waals surface area contributed by atoms with Gasteiger partial charge in [0.05, 0.1) is 3.79 Å². The van der Waals surface area contributed by atoms with E-state index in [1.807, 2.05) is 0 Å². The van der Waals surface area contributed by atoms with Crippen LogP contribution in [-0.4, -0.2) is 6.04 Å². The molecule has 82 valence electrons. The molecule has 1 unspecified atom stereocenters. The maximum atomic E-state index is 5.31. The zero-order valence-electron chi connectivity index (χ0n) is 9.14. The molecule has 1 aromatic heterocycles. The molecule has 0 spiro atoms. The molecule has 1 rings (SSSR count). The molecule has 1 heterocycles. The van der Waals surface area contributed by atoms with E-state index in [9.17, 15) is 0 Å². The molecule has 1 aromatic rings. The average molecular weight is 286 g/mol. The molecule has 0 aromatic carbocycles. The maximum Gasteiger partial charge on any atom is 0.0730 e. The van der Waals surface area contributed by atoms with Gasteiger partial charge in [-0.25, -0.2) is 0 Å². The zero-order chi connectivity index (χ0) is 11.3. The van der Waals surface area contributed by atoms with Gasteiger partial charge in [-0.15, -0.1) is 23.7 Å². The Bertz CT molecular complexity index is 331. The van der Waals surface area contributed by atoms with Crippen LogP contribution in [0.3, 0.4) is 0 Å². The summed E-state index contributed by atoms with van der Waals surface area (Å²) in [5.41, 5.74) is 1.31. The third-order valence-corrected chi connectivity index (χ3v) is 4.47. The van der Waals surface area contributed by atoms with Crippen LogP contribution in [-0.2, 0) is 6.54 Å². The lowest BCUT2D eigenvalue weighted by molar-refractivity contribution is 0.509. The van der Waals surface area contributed by atoms with E-state index < -0.39 is 0 Å². The minimum absolute atomic E-state index is 0.441. The van der Waals surface area contributed by atoms with Gasteiger partial charge in [0.2, 0.25) is 0 Å². The Labute approximate surface area is 104 Å². The summed E-state index contributed by atoms with van der Waals surface area (Å²) < 4.78 is 1.23. The third kappa shape index (κ3) is 3.98. The summed E-state index contributed by atoms with van der Waals surface area (Å²) in [4.78, 5) is 1.36. The fraction of sp³-hybridized carbons (Fsp3) is 0.500. The molecule has 0 amide bonds. The SMILES string of the molecule is C#CCC(CC)NCc1cc(C)c(Br)s1. The highest BCUT2D eigenvalue weighted by Gasteiger charge is 2.06. The van der Waals surface area contributed by atoms with E-state index >= 15 is 0 Å². The first kappa shape index (κ1) is 12.8. The van der Waals surface area contributed by atoms with Crippen molar-refractivity contribution in [1.29, 1.82) is 0 Å². The molecule has 0 aliphatic heterocycles. The molecule has 15 heavy (non-hydrogen) atoms. The van der Waals surface area contributed by atoms with Crippen molar-refractivity contribution in [3.05, 3.63) is 20.3 Å². The number of halogens is 1.